The molecule has 0 fully saturated rings. The molecule has 4 aromatic carbocycles. The molecule has 0 bridgehead atoms. The Balaban J connectivity index is 0.000000287. The van der Waals surface area contributed by atoms with Crippen LogP contribution in [0.2, 0.25) is 0 Å². The van der Waals surface area contributed by atoms with Crippen molar-refractivity contribution in [3.05, 3.63) is 134 Å². The molecule has 0 saturated heterocycles. The van der Waals surface area contributed by atoms with Gasteiger partial charge in [-0.15, -0.1) is 0 Å². The first kappa shape index (κ1) is 45.6. The summed E-state index contributed by atoms with van der Waals surface area (Å²) in [6, 6.07) is 36.8. The maximum absolute atomic E-state index is 9.69. The van der Waals surface area contributed by atoms with Gasteiger partial charge in [0.2, 0.25) is 0 Å². The van der Waals surface area contributed by atoms with Crippen LogP contribution in [0, 0.1) is 14.3 Å². The van der Waals surface area contributed by atoms with Gasteiger partial charge in [-0.25, -0.2) is 8.42 Å². The molecule has 0 heterocycles. The predicted molar refractivity (Wildman–Crippen MR) is 200 cm³/mol. The van der Waals surface area contributed by atoms with Gasteiger partial charge in [0.15, 0.2) is 14.3 Å². The topological polar surface area (TPSA) is 98.7 Å². The van der Waals surface area contributed by atoms with Crippen molar-refractivity contribution < 1.29 is 70.0 Å². The zero-order chi connectivity index (χ0) is 38.7. The Labute approximate surface area is 332 Å². The van der Waals surface area contributed by atoms with E-state index in [-0.39, 0.29) is 76.1 Å². The molecule has 280 valence electrons. The van der Waals surface area contributed by atoms with Crippen molar-refractivity contribution in [3.8, 4) is 0 Å². The molecule has 51 heavy (non-hydrogen) atoms. The Hall–Kier alpha value is -1.52. The van der Waals surface area contributed by atoms with E-state index in [4.69, 9.17) is 5.26 Å². The molecule has 6 nitrogen and oxygen atoms in total. The predicted octanol–water partition coefficient (Wildman–Crippen LogP) is 3.18. The number of hydrogen-bond donors (Lipinski definition) is 0. The Morgan fingerprint density at radius 2 is 0.706 bits per heavy atom. The van der Waals surface area contributed by atoms with E-state index in [0.29, 0.717) is 0 Å². The minimum atomic E-state index is -4.33. The largest absolute Gasteiger partial charge is 0.747 e. The van der Waals surface area contributed by atoms with Gasteiger partial charge in [-0.3, -0.25) is 5.04 Å². The van der Waals surface area contributed by atoms with Gasteiger partial charge in [-0.05, 0) is 92.4 Å². The molecule has 10 heteroatoms. The fourth-order valence-corrected chi connectivity index (χ4v) is 9.38. The van der Waals surface area contributed by atoms with E-state index in [1.807, 2.05) is 0 Å². The second kappa shape index (κ2) is 19.7. The smallest absolute Gasteiger partial charge is 0.357 e. The van der Waals surface area contributed by atoms with Gasteiger partial charge in [0, 0.05) is 12.0 Å². The van der Waals surface area contributed by atoms with Gasteiger partial charge in [-0.1, -0.05) is 132 Å². The fourth-order valence-electron chi connectivity index (χ4n) is 4.40. The van der Waals surface area contributed by atoms with Crippen LogP contribution >= 0.6 is 12.0 Å². The molecule has 0 unspecified atom stereocenters. The molecular weight excluding hydrogens is 906 g/mol. The Bertz CT molecular complexity index is 1490. The number of rotatable bonds is 8. The molecule has 0 aliphatic rings. The number of hydrogen-bond acceptors (Lipinski definition) is 7. The average molecular weight is 961 g/mol. The Kier molecular flexibility index (Phi) is 17.6. The zero-order valence-corrected chi connectivity index (χ0v) is 37.9. The summed E-state index contributed by atoms with van der Waals surface area (Å²) in [5, 5.41) is 10.9. The minimum Gasteiger partial charge on any atom is -0.747 e. The highest BCUT2D eigenvalue weighted by molar-refractivity contribution is 8.07. The summed E-state index contributed by atoms with van der Waals surface area (Å²) in [7, 11) is -4.33. The standard InChI is InChI=1S/2C20H26I.CH4O6S2/c2*1-19(2,3)15-7-11-17(12-8-15)21-18-13-9-16(10-14-18)20(4,5)6;2-6-7-8-1-9(3,4)5/h2*7-14H,1-6H3;2H,1H2,(H,3,4,5)/q2*+1;/p-2. The van der Waals surface area contributed by atoms with E-state index in [2.05, 4.69) is 190 Å². The van der Waals surface area contributed by atoms with Crippen LogP contribution in [0.25, 0.3) is 0 Å². The molecule has 0 saturated carbocycles. The van der Waals surface area contributed by atoms with Crippen molar-refractivity contribution in [2.75, 3.05) is 5.08 Å². The molecule has 0 spiro atoms. The van der Waals surface area contributed by atoms with Gasteiger partial charge in [0.25, 0.3) is 0 Å². The van der Waals surface area contributed by atoms with Gasteiger partial charge >= 0.3 is 42.4 Å². The maximum atomic E-state index is 9.69. The van der Waals surface area contributed by atoms with Crippen LogP contribution in [0.4, 0.5) is 0 Å². The molecule has 0 atom stereocenters. The summed E-state index contributed by atoms with van der Waals surface area (Å²) in [5.41, 5.74) is 6.63. The maximum Gasteiger partial charge on any atom is 0.357 e. The van der Waals surface area contributed by atoms with Crippen LogP contribution in [-0.2, 0) is 41.2 Å². The first-order valence-electron chi connectivity index (χ1n) is 16.6. The quantitative estimate of drug-likeness (QED) is 0.0670. The summed E-state index contributed by atoms with van der Waals surface area (Å²) in [6.07, 6.45) is 0. The molecule has 0 amide bonds. The lowest BCUT2D eigenvalue weighted by atomic mass is 9.87. The molecule has 4 aromatic rings. The first-order valence-corrected chi connectivity index (χ1v) is 23.4. The lowest BCUT2D eigenvalue weighted by Gasteiger charge is -2.18. The summed E-state index contributed by atoms with van der Waals surface area (Å²) >= 11 is -0.0156. The molecule has 0 aliphatic heterocycles. The molecule has 0 aromatic heterocycles. The zero-order valence-electron chi connectivity index (χ0n) is 32.0. The lowest BCUT2D eigenvalue weighted by Crippen LogP contribution is -3.61. The highest BCUT2D eigenvalue weighted by atomic mass is 127. The SMILES string of the molecule is CC(C)(C)c1ccc([I+]c2ccc(C(C)(C)C)cc2)cc1.CC(C)(C)c1ccc([I+]c2ccc(C(C)(C)C)cc2)cc1.O=S(=O)([O-])CSOO[O-]. The van der Waals surface area contributed by atoms with E-state index in [1.165, 1.54) is 36.5 Å². The highest BCUT2D eigenvalue weighted by Crippen LogP contribution is 2.23. The summed E-state index contributed by atoms with van der Waals surface area (Å²) in [6.45, 7) is 27.2. The minimum absolute atomic E-state index is 0.0703. The molecule has 0 N–H and O–H groups in total. The molecular formula is C41H54I2O6S2. The van der Waals surface area contributed by atoms with Crippen molar-refractivity contribution in [2.24, 2.45) is 0 Å². The van der Waals surface area contributed by atoms with Crippen LogP contribution in [0.1, 0.15) is 105 Å². The van der Waals surface area contributed by atoms with Gasteiger partial charge in [0.05, 0.1) is 0 Å². The van der Waals surface area contributed by atoms with Crippen molar-refractivity contribution >= 4 is 22.2 Å². The third-order valence-electron chi connectivity index (χ3n) is 7.55. The van der Waals surface area contributed by atoms with Gasteiger partial charge in [0.1, 0.15) is 15.2 Å². The lowest BCUT2D eigenvalue weighted by molar-refractivity contribution is -0.777. The summed E-state index contributed by atoms with van der Waals surface area (Å²) < 4.78 is 38.5. The van der Waals surface area contributed by atoms with E-state index in [0.717, 1.165) is 0 Å². The van der Waals surface area contributed by atoms with Gasteiger partial charge in [-0.2, -0.15) is 4.33 Å². The van der Waals surface area contributed by atoms with Crippen molar-refractivity contribution in [1.82, 2.24) is 0 Å². The van der Waals surface area contributed by atoms with E-state index in [9.17, 15) is 13.0 Å². The second-order valence-corrected chi connectivity index (χ2v) is 24.6. The van der Waals surface area contributed by atoms with Crippen LogP contribution in [0.3, 0.4) is 0 Å². The van der Waals surface area contributed by atoms with Crippen molar-refractivity contribution in [2.45, 2.75) is 105 Å². The molecule has 4 rings (SSSR count). The van der Waals surface area contributed by atoms with Crippen molar-refractivity contribution in [3.63, 3.8) is 0 Å². The second-order valence-electron chi connectivity index (χ2n) is 16.1. The highest BCUT2D eigenvalue weighted by Gasteiger charge is 2.22. The monoisotopic (exact) mass is 960 g/mol. The fraction of sp³-hybridized carbons (Fsp3) is 0.415. The average Bonchev–Trinajstić information content (AvgIpc) is 3.01. The first-order chi connectivity index (χ1) is 23.4. The third-order valence-corrected chi connectivity index (χ3v) is 14.6. The number of benzene rings is 4. The third kappa shape index (κ3) is 17.9. The van der Waals surface area contributed by atoms with Crippen molar-refractivity contribution in [1.29, 1.82) is 0 Å². The Morgan fingerprint density at radius 1 is 0.490 bits per heavy atom. The van der Waals surface area contributed by atoms with E-state index < -0.39 is 15.2 Å². The Morgan fingerprint density at radius 3 is 0.863 bits per heavy atom. The normalized spacial score (nSPS) is 12.4. The van der Waals surface area contributed by atoms with E-state index >= 15 is 0 Å². The number of halogens is 2. The van der Waals surface area contributed by atoms with Gasteiger partial charge < -0.3 is 9.81 Å². The van der Waals surface area contributed by atoms with E-state index in [1.54, 1.807) is 0 Å². The van der Waals surface area contributed by atoms with Crippen LogP contribution in [0.15, 0.2) is 97.1 Å². The molecule has 0 radical (unpaired) electrons. The van der Waals surface area contributed by atoms with Crippen LogP contribution in [-0.4, -0.2) is 18.1 Å². The summed E-state index contributed by atoms with van der Waals surface area (Å²) in [5.74, 6) is 0. The van der Waals surface area contributed by atoms with Crippen LogP contribution in [0.5, 0.6) is 0 Å². The summed E-state index contributed by atoms with van der Waals surface area (Å²) in [4.78, 5) is 0. The molecule has 0 aliphatic carbocycles. The van der Waals surface area contributed by atoms with Crippen LogP contribution < -0.4 is 47.7 Å².